The molecular weight excluding hydrogens is 454 g/mol. The van der Waals surface area contributed by atoms with Crippen LogP contribution in [0.1, 0.15) is 39.8 Å². The summed E-state index contributed by atoms with van der Waals surface area (Å²) in [7, 11) is 0. The highest BCUT2D eigenvalue weighted by atomic mass is 79.9. The van der Waals surface area contributed by atoms with Crippen LogP contribution in [0, 0.1) is 29.4 Å². The molecule has 2 fully saturated rings. The van der Waals surface area contributed by atoms with Crippen molar-refractivity contribution in [1.29, 1.82) is 0 Å². The Bertz CT molecular complexity index is 1020. The van der Waals surface area contributed by atoms with Crippen LogP contribution in [0.4, 0.5) is 8.78 Å². The molecule has 1 saturated heterocycles. The number of rotatable bonds is 2. The van der Waals surface area contributed by atoms with E-state index in [0.29, 0.717) is 14.4 Å². The van der Waals surface area contributed by atoms with Gasteiger partial charge in [0.15, 0.2) is 6.17 Å². The van der Waals surface area contributed by atoms with Gasteiger partial charge in [-0.3, -0.25) is 14.8 Å². The van der Waals surface area contributed by atoms with E-state index in [1.807, 2.05) is 0 Å². The van der Waals surface area contributed by atoms with E-state index in [1.165, 1.54) is 11.3 Å². The summed E-state index contributed by atoms with van der Waals surface area (Å²) < 4.78 is 29.8. The molecule has 0 bridgehead atoms. The van der Waals surface area contributed by atoms with Gasteiger partial charge in [-0.1, -0.05) is 11.8 Å². The van der Waals surface area contributed by atoms with Crippen molar-refractivity contribution in [2.24, 2.45) is 5.92 Å². The number of hydroxylamine groups is 2. The quantitative estimate of drug-likeness (QED) is 0.538. The van der Waals surface area contributed by atoms with E-state index in [9.17, 15) is 23.6 Å². The number of thiophene rings is 1. The third-order valence-electron chi connectivity index (χ3n) is 4.45. The molecule has 1 atom stereocenters. The monoisotopic (exact) mass is 466 g/mol. The van der Waals surface area contributed by atoms with Gasteiger partial charge in [-0.05, 0) is 47.0 Å². The molecule has 0 spiro atoms. The Hall–Kier alpha value is -2.28. The van der Waals surface area contributed by atoms with Crippen molar-refractivity contribution >= 4 is 39.1 Å². The van der Waals surface area contributed by atoms with Crippen LogP contribution in [0.3, 0.4) is 0 Å². The van der Waals surface area contributed by atoms with Crippen molar-refractivity contribution in [2.75, 3.05) is 6.54 Å². The van der Waals surface area contributed by atoms with Crippen molar-refractivity contribution in [2.45, 2.75) is 19.0 Å². The van der Waals surface area contributed by atoms with Crippen LogP contribution in [0.5, 0.6) is 0 Å². The second kappa shape index (κ2) is 7.28. The number of carbonyl (C=O) groups excluding carboxylic acids is 2. The van der Waals surface area contributed by atoms with E-state index in [1.54, 1.807) is 11.4 Å². The topological polar surface area (TPSA) is 60.9 Å². The maximum absolute atomic E-state index is 14.6. The number of halogens is 3. The zero-order valence-corrected chi connectivity index (χ0v) is 16.7. The van der Waals surface area contributed by atoms with Crippen LogP contribution < -0.4 is 0 Å². The van der Waals surface area contributed by atoms with E-state index >= 15 is 0 Å². The van der Waals surface area contributed by atoms with E-state index in [4.69, 9.17) is 0 Å². The number of benzene rings is 1. The van der Waals surface area contributed by atoms with Gasteiger partial charge in [-0.25, -0.2) is 8.78 Å². The number of nitrogens with zero attached hydrogens (tertiary/aromatic N) is 2. The molecule has 1 N–H and O–H groups in total. The van der Waals surface area contributed by atoms with Gasteiger partial charge in [0.25, 0.3) is 11.8 Å². The highest BCUT2D eigenvalue weighted by Crippen LogP contribution is 2.36. The van der Waals surface area contributed by atoms with Gasteiger partial charge in [0.1, 0.15) is 23.7 Å². The maximum atomic E-state index is 14.6. The van der Waals surface area contributed by atoms with Gasteiger partial charge in [-0.2, -0.15) is 5.06 Å². The zero-order valence-electron chi connectivity index (χ0n) is 14.3. The Morgan fingerprint density at radius 3 is 2.50 bits per heavy atom. The molecule has 1 saturated carbocycles. The Balaban J connectivity index is 1.68. The Kier molecular flexibility index (Phi) is 4.95. The van der Waals surface area contributed by atoms with Gasteiger partial charge in [0.05, 0.1) is 4.88 Å². The van der Waals surface area contributed by atoms with Crippen LogP contribution in [0.15, 0.2) is 28.1 Å². The van der Waals surface area contributed by atoms with Crippen LogP contribution in [-0.4, -0.2) is 33.5 Å². The summed E-state index contributed by atoms with van der Waals surface area (Å²) in [5.74, 6) is 2.02. The summed E-state index contributed by atoms with van der Waals surface area (Å²) in [5, 5.41) is 12.2. The third kappa shape index (κ3) is 3.55. The second-order valence-corrected chi connectivity index (χ2v) is 8.43. The molecule has 28 heavy (non-hydrogen) atoms. The van der Waals surface area contributed by atoms with Gasteiger partial charge in [-0.15, -0.1) is 11.3 Å². The lowest BCUT2D eigenvalue weighted by Gasteiger charge is -2.25. The Morgan fingerprint density at radius 1 is 1.25 bits per heavy atom. The van der Waals surface area contributed by atoms with E-state index < -0.39 is 41.7 Å². The fraction of sp³-hybridized carbons (Fsp3) is 0.263. The first-order valence-electron chi connectivity index (χ1n) is 8.41. The van der Waals surface area contributed by atoms with E-state index in [-0.39, 0.29) is 11.5 Å². The lowest BCUT2D eigenvalue weighted by Crippen LogP contribution is -2.35. The molecule has 1 aliphatic carbocycles. The van der Waals surface area contributed by atoms with Crippen molar-refractivity contribution in [3.05, 3.63) is 55.7 Å². The van der Waals surface area contributed by atoms with E-state index in [2.05, 4.69) is 27.8 Å². The number of hydrogen-bond donors (Lipinski definition) is 1. The first-order chi connectivity index (χ1) is 13.3. The minimum atomic E-state index is -1.15. The summed E-state index contributed by atoms with van der Waals surface area (Å²) in [4.78, 5) is 26.2. The van der Waals surface area contributed by atoms with Crippen LogP contribution >= 0.6 is 27.3 Å². The lowest BCUT2D eigenvalue weighted by molar-refractivity contribution is -0.168. The molecule has 2 heterocycles. The largest absolute Gasteiger partial charge is 0.302 e. The lowest BCUT2D eigenvalue weighted by atomic mass is 10.1. The summed E-state index contributed by atoms with van der Waals surface area (Å²) in [5.41, 5.74) is -0.626. The third-order valence-corrected chi connectivity index (χ3v) is 6.18. The fourth-order valence-corrected chi connectivity index (χ4v) is 4.44. The zero-order chi connectivity index (χ0) is 20.0. The normalized spacial score (nSPS) is 19.0. The molecule has 144 valence electrons. The van der Waals surface area contributed by atoms with Crippen LogP contribution in [0.25, 0.3) is 0 Å². The van der Waals surface area contributed by atoms with Crippen LogP contribution in [-0.2, 0) is 4.79 Å². The standard InChI is InChI=1S/C19H13BrF2N2O3S/c20-12-7-15(28-9-12)18-23(8-16(25)24(18)27)19(26)17-13(21)5-11(6-14(17)22)4-3-10-1-2-10/h5-7,9-10,18,27H,1-2,8H2. The number of carbonyl (C=O) groups is 2. The Labute approximate surface area is 171 Å². The molecule has 2 aliphatic rings. The van der Waals surface area contributed by atoms with Crippen molar-refractivity contribution in [1.82, 2.24) is 9.96 Å². The van der Waals surface area contributed by atoms with Gasteiger partial charge < -0.3 is 4.90 Å². The Morgan fingerprint density at radius 2 is 1.93 bits per heavy atom. The average molecular weight is 467 g/mol. The molecule has 5 nitrogen and oxygen atoms in total. The predicted octanol–water partition coefficient (Wildman–Crippen LogP) is 3.92. The van der Waals surface area contributed by atoms with Crippen molar-refractivity contribution in [3.63, 3.8) is 0 Å². The average Bonchev–Trinajstić information content (AvgIpc) is 3.30. The van der Waals surface area contributed by atoms with Gasteiger partial charge >= 0.3 is 0 Å². The predicted molar refractivity (Wildman–Crippen MR) is 100 cm³/mol. The minimum Gasteiger partial charge on any atom is -0.302 e. The maximum Gasteiger partial charge on any atom is 0.268 e. The number of amides is 2. The summed E-state index contributed by atoms with van der Waals surface area (Å²) in [6.45, 7) is -0.488. The molecule has 1 aromatic carbocycles. The highest BCUT2D eigenvalue weighted by molar-refractivity contribution is 9.10. The first kappa shape index (κ1) is 19.1. The van der Waals surface area contributed by atoms with Gasteiger partial charge in [0, 0.05) is 21.3 Å². The smallest absolute Gasteiger partial charge is 0.268 e. The van der Waals surface area contributed by atoms with Crippen molar-refractivity contribution < 1.29 is 23.6 Å². The molecule has 1 aromatic heterocycles. The van der Waals surface area contributed by atoms with Crippen molar-refractivity contribution in [3.8, 4) is 11.8 Å². The van der Waals surface area contributed by atoms with E-state index in [0.717, 1.165) is 29.9 Å². The molecule has 2 amide bonds. The molecule has 0 radical (unpaired) electrons. The van der Waals surface area contributed by atoms with Crippen LogP contribution in [0.2, 0.25) is 0 Å². The molecule has 2 aromatic rings. The first-order valence-corrected chi connectivity index (χ1v) is 10.1. The van der Waals surface area contributed by atoms with Gasteiger partial charge in [0.2, 0.25) is 0 Å². The molecular formula is C19H13BrF2N2O3S. The molecule has 1 aliphatic heterocycles. The highest BCUT2D eigenvalue weighted by Gasteiger charge is 2.43. The fourth-order valence-electron chi connectivity index (χ4n) is 2.90. The summed E-state index contributed by atoms with van der Waals surface area (Å²) in [6, 6.07) is 3.65. The molecule has 4 rings (SSSR count). The molecule has 9 heteroatoms. The SMILES string of the molecule is O=C1CN(C(=O)c2c(F)cc(C#CC3CC3)cc2F)C(c2cc(Br)cs2)N1O. The molecule has 1 unspecified atom stereocenters. The summed E-state index contributed by atoms with van der Waals surface area (Å²) in [6.07, 6.45) is 0.814. The number of hydrogen-bond acceptors (Lipinski definition) is 4. The summed E-state index contributed by atoms with van der Waals surface area (Å²) >= 11 is 4.46. The minimum absolute atomic E-state index is 0.151. The second-order valence-electron chi connectivity index (χ2n) is 6.57.